The van der Waals surface area contributed by atoms with E-state index in [1.54, 1.807) is 12.1 Å². The summed E-state index contributed by atoms with van der Waals surface area (Å²) in [5.74, 6) is -1.18. The molecule has 2 aromatic heterocycles. The number of nitrogens with zero attached hydrogens (tertiary/aromatic N) is 1. The lowest BCUT2D eigenvalue weighted by Crippen LogP contribution is -2.23. The number of hydrogen-bond acceptors (Lipinski definition) is 2. The highest BCUT2D eigenvalue weighted by Crippen LogP contribution is 2.28. The van der Waals surface area contributed by atoms with Crippen molar-refractivity contribution in [2.24, 2.45) is 0 Å². The van der Waals surface area contributed by atoms with Gasteiger partial charge in [0, 0.05) is 24.0 Å². The molecule has 36 heavy (non-hydrogen) atoms. The predicted molar refractivity (Wildman–Crippen MR) is 142 cm³/mol. The molecule has 0 saturated heterocycles. The molecule has 3 aromatic carbocycles. The van der Waals surface area contributed by atoms with Crippen LogP contribution in [0.4, 0.5) is 0 Å². The van der Waals surface area contributed by atoms with E-state index >= 15 is 0 Å². The largest absolute Gasteiger partial charge is 0.478 e. The Balaban J connectivity index is 1.51. The van der Waals surface area contributed by atoms with Crippen molar-refractivity contribution in [3.8, 4) is 11.1 Å². The van der Waals surface area contributed by atoms with Crippen molar-refractivity contribution >= 4 is 29.0 Å². The summed E-state index contributed by atoms with van der Waals surface area (Å²) in [7, 11) is 0. The molecule has 178 valence electrons. The quantitative estimate of drug-likeness (QED) is 0.272. The van der Waals surface area contributed by atoms with E-state index in [2.05, 4.69) is 5.32 Å². The molecule has 0 spiro atoms. The zero-order valence-electron chi connectivity index (χ0n) is 19.3. The third-order valence-electron chi connectivity index (χ3n) is 6.12. The third-order valence-corrected chi connectivity index (χ3v) is 6.36. The number of nitrogens with one attached hydrogen (secondary N) is 1. The van der Waals surface area contributed by atoms with Crippen LogP contribution in [0.1, 0.15) is 37.4 Å². The fourth-order valence-electron chi connectivity index (χ4n) is 4.33. The number of carbonyl (C=O) groups is 2. The van der Waals surface area contributed by atoms with Crippen molar-refractivity contribution < 1.29 is 14.7 Å². The SMILES string of the molecule is O=C(O)c1ccc(CNC(=O)c2cc(-c3ccccc3)cn3ccc(Cc4cccc(Cl)c4)c23)cc1. The number of aromatic carboxylic acids is 1. The Morgan fingerprint density at radius 1 is 0.833 bits per heavy atom. The second kappa shape index (κ2) is 10.1. The first kappa shape index (κ1) is 23.4. The molecule has 0 saturated carbocycles. The molecule has 0 unspecified atom stereocenters. The standard InChI is InChI=1S/C30H23ClN2O3/c31-26-8-4-5-21(16-26)15-24-13-14-33-19-25(22-6-2-1-3-7-22)17-27(28(24)33)29(34)32-18-20-9-11-23(12-10-20)30(35)36/h1-14,16-17,19H,15,18H2,(H,32,34)(H,35,36). The molecular formula is C30H23ClN2O3. The summed E-state index contributed by atoms with van der Waals surface area (Å²) in [5.41, 5.74) is 6.47. The van der Waals surface area contributed by atoms with Crippen molar-refractivity contribution in [2.75, 3.05) is 0 Å². The molecule has 0 fully saturated rings. The van der Waals surface area contributed by atoms with Gasteiger partial charge in [-0.25, -0.2) is 4.79 Å². The molecule has 1 amide bonds. The summed E-state index contributed by atoms with van der Waals surface area (Å²) in [6.45, 7) is 0.283. The van der Waals surface area contributed by atoms with Crippen LogP contribution in [0.3, 0.4) is 0 Å². The van der Waals surface area contributed by atoms with E-state index in [0.717, 1.165) is 33.3 Å². The average molecular weight is 495 g/mol. The van der Waals surface area contributed by atoms with Gasteiger partial charge >= 0.3 is 5.97 Å². The van der Waals surface area contributed by atoms with Gasteiger partial charge in [0.25, 0.3) is 5.91 Å². The van der Waals surface area contributed by atoms with Gasteiger partial charge in [0.2, 0.25) is 0 Å². The van der Waals surface area contributed by atoms with Gasteiger partial charge < -0.3 is 14.8 Å². The highest BCUT2D eigenvalue weighted by atomic mass is 35.5. The summed E-state index contributed by atoms with van der Waals surface area (Å²) in [5, 5.41) is 12.8. The van der Waals surface area contributed by atoms with Gasteiger partial charge in [0.1, 0.15) is 0 Å². The molecule has 5 aromatic rings. The predicted octanol–water partition coefficient (Wildman–Crippen LogP) is 6.48. The van der Waals surface area contributed by atoms with Crippen LogP contribution >= 0.6 is 11.6 Å². The molecule has 5 nitrogen and oxygen atoms in total. The smallest absolute Gasteiger partial charge is 0.335 e. The Morgan fingerprint density at radius 2 is 1.61 bits per heavy atom. The number of carboxylic acids is 1. The van der Waals surface area contributed by atoms with Crippen molar-refractivity contribution in [3.63, 3.8) is 0 Å². The van der Waals surface area contributed by atoms with Crippen LogP contribution in [0.15, 0.2) is 103 Å². The Labute approximate surface area is 213 Å². The number of pyridine rings is 1. The van der Waals surface area contributed by atoms with E-state index in [1.165, 1.54) is 12.1 Å². The van der Waals surface area contributed by atoms with Gasteiger partial charge in [-0.15, -0.1) is 0 Å². The Morgan fingerprint density at radius 3 is 2.33 bits per heavy atom. The summed E-state index contributed by atoms with van der Waals surface area (Å²) in [6.07, 6.45) is 4.65. The molecule has 0 aliphatic heterocycles. The number of carboxylic acid groups (broad SMARTS) is 1. The number of fused-ring (bicyclic) bond motifs is 1. The molecule has 0 bridgehead atoms. The number of carbonyl (C=O) groups excluding carboxylic acids is 1. The maximum Gasteiger partial charge on any atom is 0.335 e. The van der Waals surface area contributed by atoms with Crippen LogP contribution in [-0.4, -0.2) is 21.4 Å². The van der Waals surface area contributed by atoms with E-state index in [-0.39, 0.29) is 18.0 Å². The Kier molecular flexibility index (Phi) is 6.56. The van der Waals surface area contributed by atoms with E-state index < -0.39 is 5.97 Å². The lowest BCUT2D eigenvalue weighted by atomic mass is 10.0. The summed E-state index contributed by atoms with van der Waals surface area (Å²) < 4.78 is 2.00. The monoisotopic (exact) mass is 494 g/mol. The normalized spacial score (nSPS) is 10.9. The number of benzene rings is 3. The molecule has 0 aliphatic carbocycles. The first-order valence-electron chi connectivity index (χ1n) is 11.5. The van der Waals surface area contributed by atoms with Crippen molar-refractivity contribution in [1.29, 1.82) is 0 Å². The summed E-state index contributed by atoms with van der Waals surface area (Å²) in [4.78, 5) is 24.6. The highest BCUT2D eigenvalue weighted by Gasteiger charge is 2.17. The number of rotatable bonds is 7. The van der Waals surface area contributed by atoms with Crippen LogP contribution in [0.5, 0.6) is 0 Å². The van der Waals surface area contributed by atoms with Crippen molar-refractivity contribution in [2.45, 2.75) is 13.0 Å². The number of amides is 1. The minimum absolute atomic E-state index is 0.203. The van der Waals surface area contributed by atoms with Gasteiger partial charge in [0.15, 0.2) is 0 Å². The van der Waals surface area contributed by atoms with Crippen LogP contribution in [0.25, 0.3) is 16.6 Å². The van der Waals surface area contributed by atoms with E-state index in [0.29, 0.717) is 17.0 Å². The minimum Gasteiger partial charge on any atom is -0.478 e. The molecule has 0 aliphatic rings. The van der Waals surface area contributed by atoms with Gasteiger partial charge in [-0.3, -0.25) is 4.79 Å². The van der Waals surface area contributed by atoms with Crippen LogP contribution < -0.4 is 5.32 Å². The first-order valence-corrected chi connectivity index (χ1v) is 11.9. The zero-order chi connectivity index (χ0) is 25.1. The molecule has 5 rings (SSSR count). The van der Waals surface area contributed by atoms with E-state index in [4.69, 9.17) is 16.7 Å². The number of halogens is 1. The van der Waals surface area contributed by atoms with Crippen LogP contribution in [0.2, 0.25) is 5.02 Å². The molecule has 2 N–H and O–H groups in total. The maximum absolute atomic E-state index is 13.5. The topological polar surface area (TPSA) is 70.8 Å². The second-order valence-electron chi connectivity index (χ2n) is 8.60. The summed E-state index contributed by atoms with van der Waals surface area (Å²) >= 11 is 6.20. The van der Waals surface area contributed by atoms with Gasteiger partial charge in [-0.2, -0.15) is 0 Å². The fourth-order valence-corrected chi connectivity index (χ4v) is 4.55. The number of hydrogen-bond donors (Lipinski definition) is 2. The fraction of sp³-hybridized carbons (Fsp3) is 0.0667. The Hall–Kier alpha value is -4.35. The lowest BCUT2D eigenvalue weighted by Gasteiger charge is -2.13. The van der Waals surface area contributed by atoms with Crippen LogP contribution in [-0.2, 0) is 13.0 Å². The third kappa shape index (κ3) is 5.02. The molecular weight excluding hydrogens is 472 g/mol. The first-order chi connectivity index (χ1) is 17.5. The second-order valence-corrected chi connectivity index (χ2v) is 9.03. The molecule has 0 atom stereocenters. The van der Waals surface area contributed by atoms with Crippen LogP contribution in [0, 0.1) is 0 Å². The minimum atomic E-state index is -0.980. The Bertz CT molecular complexity index is 1560. The van der Waals surface area contributed by atoms with E-state index in [1.807, 2.05) is 83.5 Å². The number of aromatic nitrogens is 1. The van der Waals surface area contributed by atoms with Crippen molar-refractivity contribution in [3.05, 3.63) is 136 Å². The molecule has 6 heteroatoms. The van der Waals surface area contributed by atoms with Gasteiger partial charge in [0.05, 0.1) is 16.6 Å². The highest BCUT2D eigenvalue weighted by molar-refractivity contribution is 6.30. The van der Waals surface area contributed by atoms with Crippen molar-refractivity contribution in [1.82, 2.24) is 9.72 Å². The van der Waals surface area contributed by atoms with E-state index in [9.17, 15) is 9.59 Å². The molecule has 2 heterocycles. The zero-order valence-corrected chi connectivity index (χ0v) is 20.1. The van der Waals surface area contributed by atoms with Gasteiger partial charge in [-0.05, 0) is 70.6 Å². The molecule has 0 radical (unpaired) electrons. The summed E-state index contributed by atoms with van der Waals surface area (Å²) in [6, 6.07) is 28.1. The average Bonchev–Trinajstić information content (AvgIpc) is 3.30. The maximum atomic E-state index is 13.5. The lowest BCUT2D eigenvalue weighted by molar-refractivity contribution is 0.0696. The van der Waals surface area contributed by atoms with Gasteiger partial charge in [-0.1, -0.05) is 66.2 Å².